The maximum atomic E-state index is 12.6. The minimum atomic E-state index is -2.99. The van der Waals surface area contributed by atoms with E-state index in [4.69, 9.17) is 0 Å². The van der Waals surface area contributed by atoms with Crippen molar-refractivity contribution < 1.29 is 13.2 Å². The number of rotatable bonds is 5. The van der Waals surface area contributed by atoms with Gasteiger partial charge in [0, 0.05) is 37.6 Å². The Kier molecular flexibility index (Phi) is 5.75. The quantitative estimate of drug-likeness (QED) is 0.849. The van der Waals surface area contributed by atoms with Gasteiger partial charge in [0.15, 0.2) is 9.84 Å². The van der Waals surface area contributed by atoms with Gasteiger partial charge < -0.3 is 15.1 Å². The average molecular weight is 380 g/mol. The lowest BCUT2D eigenvalue weighted by atomic mass is 10.1. The van der Waals surface area contributed by atoms with Crippen molar-refractivity contribution in [2.24, 2.45) is 0 Å². The minimum Gasteiger partial charge on any atom is -0.374 e. The molecule has 0 saturated carbocycles. The maximum Gasteiger partial charge on any atom is 0.244 e. The predicted octanol–water partition coefficient (Wildman–Crippen LogP) is 2.12. The van der Waals surface area contributed by atoms with E-state index in [0.717, 1.165) is 18.8 Å². The van der Waals surface area contributed by atoms with E-state index >= 15 is 0 Å². The third-order valence-corrected chi connectivity index (χ3v) is 7.20. The number of amides is 1. The molecule has 26 heavy (non-hydrogen) atoms. The van der Waals surface area contributed by atoms with Crippen LogP contribution in [0.4, 0.5) is 11.4 Å². The zero-order chi connectivity index (χ0) is 18.7. The van der Waals surface area contributed by atoms with Crippen LogP contribution < -0.4 is 10.2 Å². The molecule has 1 aromatic rings. The van der Waals surface area contributed by atoms with Crippen LogP contribution >= 0.6 is 0 Å². The van der Waals surface area contributed by atoms with E-state index in [1.165, 1.54) is 24.9 Å². The number of likely N-dealkylation sites (N-methyl/N-ethyl adjacent to an activating group) is 1. The number of nitrogens with zero attached hydrogens (tertiary/aromatic N) is 2. The highest BCUT2D eigenvalue weighted by atomic mass is 32.2. The van der Waals surface area contributed by atoms with Crippen LogP contribution in [0.1, 0.15) is 32.6 Å². The van der Waals surface area contributed by atoms with Crippen molar-refractivity contribution >= 4 is 27.1 Å². The van der Waals surface area contributed by atoms with Crippen molar-refractivity contribution in [2.45, 2.75) is 44.7 Å². The Bertz CT molecular complexity index is 727. The normalized spacial score (nSPS) is 23.5. The van der Waals surface area contributed by atoms with E-state index in [2.05, 4.69) is 22.3 Å². The summed E-state index contributed by atoms with van der Waals surface area (Å²) < 4.78 is 23.3. The molecule has 144 valence electrons. The molecule has 3 rings (SSSR count). The predicted molar refractivity (Wildman–Crippen MR) is 105 cm³/mol. The van der Waals surface area contributed by atoms with Gasteiger partial charge in [-0.25, -0.2) is 8.42 Å². The highest BCUT2D eigenvalue weighted by Gasteiger charge is 2.34. The fraction of sp³-hybridized carbons (Fsp3) is 0.632. The van der Waals surface area contributed by atoms with Crippen LogP contribution in [0.15, 0.2) is 24.3 Å². The Labute approximate surface area is 156 Å². The summed E-state index contributed by atoms with van der Waals surface area (Å²) in [6.07, 6.45) is 4.33. The molecule has 0 spiro atoms. The van der Waals surface area contributed by atoms with E-state index in [9.17, 15) is 13.2 Å². The van der Waals surface area contributed by atoms with E-state index < -0.39 is 15.9 Å². The molecule has 2 aliphatic heterocycles. The van der Waals surface area contributed by atoms with E-state index in [0.29, 0.717) is 6.42 Å². The second-order valence-electron chi connectivity index (χ2n) is 7.47. The molecule has 2 atom stereocenters. The summed E-state index contributed by atoms with van der Waals surface area (Å²) in [6.45, 7) is 4.04. The van der Waals surface area contributed by atoms with Crippen molar-refractivity contribution in [3.8, 4) is 0 Å². The summed E-state index contributed by atoms with van der Waals surface area (Å²) >= 11 is 0. The first-order valence-corrected chi connectivity index (χ1v) is 11.3. The lowest BCUT2D eigenvalue weighted by Gasteiger charge is -2.29. The molecule has 0 radical (unpaired) electrons. The van der Waals surface area contributed by atoms with Crippen LogP contribution in [-0.4, -0.2) is 63.0 Å². The molecular formula is C19H29N3O3S. The van der Waals surface area contributed by atoms with Crippen molar-refractivity contribution in [2.75, 3.05) is 41.9 Å². The maximum absolute atomic E-state index is 12.6. The Balaban J connectivity index is 1.56. The average Bonchev–Trinajstić information content (AvgIpc) is 3.01. The van der Waals surface area contributed by atoms with E-state index in [1.54, 1.807) is 11.9 Å². The van der Waals surface area contributed by atoms with Gasteiger partial charge in [-0.2, -0.15) is 0 Å². The van der Waals surface area contributed by atoms with E-state index in [-0.39, 0.29) is 23.5 Å². The molecule has 0 aliphatic carbocycles. The van der Waals surface area contributed by atoms with Gasteiger partial charge in [0.2, 0.25) is 5.91 Å². The Hall–Kier alpha value is -1.76. The molecule has 0 aromatic heterocycles. The number of sulfone groups is 1. The first kappa shape index (κ1) is 19.0. The highest BCUT2D eigenvalue weighted by Crippen LogP contribution is 2.23. The zero-order valence-corrected chi connectivity index (χ0v) is 16.5. The first-order valence-electron chi connectivity index (χ1n) is 9.44. The second kappa shape index (κ2) is 7.86. The molecule has 2 unspecified atom stereocenters. The smallest absolute Gasteiger partial charge is 0.244 e. The molecular weight excluding hydrogens is 350 g/mol. The summed E-state index contributed by atoms with van der Waals surface area (Å²) in [5.74, 6) is 0.175. The Morgan fingerprint density at radius 1 is 1.19 bits per heavy atom. The minimum absolute atomic E-state index is 0.0759. The van der Waals surface area contributed by atoms with Crippen LogP contribution in [0.5, 0.6) is 0 Å². The number of nitrogens with one attached hydrogen (secondary N) is 1. The number of carbonyl (C=O) groups excluding carboxylic acids is 1. The summed E-state index contributed by atoms with van der Waals surface area (Å²) in [5, 5.41) is 3.24. The van der Waals surface area contributed by atoms with Gasteiger partial charge in [0.25, 0.3) is 0 Å². The highest BCUT2D eigenvalue weighted by molar-refractivity contribution is 7.91. The van der Waals surface area contributed by atoms with Crippen molar-refractivity contribution in [3.05, 3.63) is 24.3 Å². The molecule has 1 N–H and O–H groups in total. The molecule has 6 nitrogen and oxygen atoms in total. The number of anilines is 2. The number of hydrogen-bond donors (Lipinski definition) is 1. The zero-order valence-electron chi connectivity index (χ0n) is 15.6. The van der Waals surface area contributed by atoms with Gasteiger partial charge in [-0.05, 0) is 56.9 Å². The summed E-state index contributed by atoms with van der Waals surface area (Å²) in [4.78, 5) is 16.6. The lowest BCUT2D eigenvalue weighted by Crippen LogP contribution is -2.45. The number of hydrogen-bond acceptors (Lipinski definition) is 5. The van der Waals surface area contributed by atoms with Crippen LogP contribution in [-0.2, 0) is 14.6 Å². The van der Waals surface area contributed by atoms with Gasteiger partial charge in [0.05, 0.1) is 11.5 Å². The Morgan fingerprint density at radius 3 is 2.42 bits per heavy atom. The molecule has 7 heteroatoms. The van der Waals surface area contributed by atoms with Crippen LogP contribution in [0.25, 0.3) is 0 Å². The van der Waals surface area contributed by atoms with Crippen LogP contribution in [0, 0.1) is 0 Å². The van der Waals surface area contributed by atoms with Gasteiger partial charge in [0.1, 0.15) is 6.04 Å². The summed E-state index contributed by atoms with van der Waals surface area (Å²) in [6, 6.07) is 7.60. The van der Waals surface area contributed by atoms with Gasteiger partial charge in [-0.3, -0.25) is 4.79 Å². The lowest BCUT2D eigenvalue weighted by molar-refractivity contribution is -0.132. The standard InChI is InChI=1S/C19H29N3O3S/c1-15(19(23)21(2)18-10-13-26(24,25)14-18)20-16-6-8-17(9-7-16)22-11-4-3-5-12-22/h6-9,15,18,20H,3-5,10-14H2,1-2H3. The fourth-order valence-electron chi connectivity index (χ4n) is 3.80. The first-order chi connectivity index (χ1) is 12.4. The molecule has 1 amide bonds. The van der Waals surface area contributed by atoms with Gasteiger partial charge >= 0.3 is 0 Å². The summed E-state index contributed by atoms with van der Waals surface area (Å²) in [5.41, 5.74) is 2.13. The summed E-state index contributed by atoms with van der Waals surface area (Å²) in [7, 11) is -1.29. The molecule has 2 fully saturated rings. The van der Waals surface area contributed by atoms with Crippen molar-refractivity contribution in [1.82, 2.24) is 4.90 Å². The SMILES string of the molecule is CC(Nc1ccc(N2CCCCC2)cc1)C(=O)N(C)C1CCS(=O)(=O)C1. The molecule has 2 heterocycles. The second-order valence-corrected chi connectivity index (χ2v) is 9.70. The van der Waals surface area contributed by atoms with Gasteiger partial charge in [-0.15, -0.1) is 0 Å². The largest absolute Gasteiger partial charge is 0.374 e. The third-order valence-electron chi connectivity index (χ3n) is 5.45. The van der Waals surface area contributed by atoms with Crippen molar-refractivity contribution in [3.63, 3.8) is 0 Å². The topological polar surface area (TPSA) is 69.7 Å². The van der Waals surface area contributed by atoms with Crippen molar-refractivity contribution in [1.29, 1.82) is 0 Å². The molecule has 1 aromatic carbocycles. The number of benzene rings is 1. The monoisotopic (exact) mass is 379 g/mol. The van der Waals surface area contributed by atoms with E-state index in [1.807, 2.05) is 19.1 Å². The van der Waals surface area contributed by atoms with Crippen LogP contribution in [0.3, 0.4) is 0 Å². The number of carbonyl (C=O) groups is 1. The fourth-order valence-corrected chi connectivity index (χ4v) is 5.57. The molecule has 0 bridgehead atoms. The molecule has 2 saturated heterocycles. The molecule has 2 aliphatic rings. The van der Waals surface area contributed by atoms with Gasteiger partial charge in [-0.1, -0.05) is 0 Å². The Morgan fingerprint density at radius 2 is 1.85 bits per heavy atom. The number of piperidine rings is 1. The van der Waals surface area contributed by atoms with Crippen LogP contribution in [0.2, 0.25) is 0 Å². The third kappa shape index (κ3) is 4.50.